The standard InChI is InChI=1S/C17H25N3O/c1-19(2)14-7-5-11-20(12-14)17(21)18-16-10-9-13-6-3-4-8-15(13)16/h3-4,6,8,14,16H,5,7,9-12H2,1-2H3,(H,18,21)/t14-,16+/m0/s1. The Bertz CT molecular complexity index is 515. The Kier molecular flexibility index (Phi) is 4.15. The zero-order chi connectivity index (χ0) is 14.8. The molecule has 1 aliphatic carbocycles. The van der Waals surface area contributed by atoms with Gasteiger partial charge in [-0.1, -0.05) is 24.3 Å². The van der Waals surface area contributed by atoms with Crippen molar-refractivity contribution >= 4 is 6.03 Å². The van der Waals surface area contributed by atoms with Crippen molar-refractivity contribution < 1.29 is 4.79 Å². The first-order chi connectivity index (χ1) is 10.1. The van der Waals surface area contributed by atoms with Crippen molar-refractivity contribution in [1.82, 2.24) is 15.1 Å². The number of nitrogens with zero attached hydrogens (tertiary/aromatic N) is 2. The first kappa shape index (κ1) is 14.4. The smallest absolute Gasteiger partial charge is 0.317 e. The molecule has 0 radical (unpaired) electrons. The summed E-state index contributed by atoms with van der Waals surface area (Å²) < 4.78 is 0. The van der Waals surface area contributed by atoms with Crippen LogP contribution < -0.4 is 5.32 Å². The van der Waals surface area contributed by atoms with Crippen LogP contribution in [0.3, 0.4) is 0 Å². The number of hydrogen-bond acceptors (Lipinski definition) is 2. The quantitative estimate of drug-likeness (QED) is 0.906. The van der Waals surface area contributed by atoms with Crippen LogP contribution in [0.2, 0.25) is 0 Å². The number of urea groups is 1. The summed E-state index contributed by atoms with van der Waals surface area (Å²) in [5, 5.41) is 3.23. The molecule has 2 atom stereocenters. The van der Waals surface area contributed by atoms with Gasteiger partial charge < -0.3 is 15.1 Å². The Balaban J connectivity index is 1.62. The first-order valence-electron chi connectivity index (χ1n) is 7.95. The number of amides is 2. The van der Waals surface area contributed by atoms with Crippen molar-refractivity contribution in [1.29, 1.82) is 0 Å². The van der Waals surface area contributed by atoms with E-state index in [1.165, 1.54) is 17.5 Å². The van der Waals surface area contributed by atoms with Crippen molar-refractivity contribution in [2.75, 3.05) is 27.2 Å². The normalized spacial score (nSPS) is 25.0. The molecular formula is C17H25N3O. The molecule has 3 rings (SSSR count). The lowest BCUT2D eigenvalue weighted by atomic mass is 10.1. The second-order valence-corrected chi connectivity index (χ2v) is 6.45. The Morgan fingerprint density at radius 2 is 2.10 bits per heavy atom. The van der Waals surface area contributed by atoms with Gasteiger partial charge in [0, 0.05) is 19.1 Å². The molecule has 21 heavy (non-hydrogen) atoms. The maximum Gasteiger partial charge on any atom is 0.317 e. The average Bonchev–Trinajstić information content (AvgIpc) is 2.91. The van der Waals surface area contributed by atoms with Gasteiger partial charge in [0.15, 0.2) is 0 Å². The van der Waals surface area contributed by atoms with E-state index in [1.807, 2.05) is 4.90 Å². The highest BCUT2D eigenvalue weighted by Crippen LogP contribution is 2.30. The lowest BCUT2D eigenvalue weighted by molar-refractivity contribution is 0.138. The highest BCUT2D eigenvalue weighted by Gasteiger charge is 2.28. The molecule has 0 aromatic heterocycles. The van der Waals surface area contributed by atoms with Crippen LogP contribution in [-0.2, 0) is 6.42 Å². The minimum Gasteiger partial charge on any atom is -0.331 e. The second kappa shape index (κ2) is 6.06. The topological polar surface area (TPSA) is 35.6 Å². The summed E-state index contributed by atoms with van der Waals surface area (Å²) in [6.07, 6.45) is 4.37. The molecule has 0 spiro atoms. The lowest BCUT2D eigenvalue weighted by Crippen LogP contribution is -2.51. The van der Waals surface area contributed by atoms with Gasteiger partial charge in [0.2, 0.25) is 0 Å². The Hall–Kier alpha value is -1.55. The summed E-state index contributed by atoms with van der Waals surface area (Å²) in [6, 6.07) is 9.23. The fourth-order valence-corrected chi connectivity index (χ4v) is 3.51. The summed E-state index contributed by atoms with van der Waals surface area (Å²) in [7, 11) is 4.19. The van der Waals surface area contributed by atoms with Crippen molar-refractivity contribution in [2.24, 2.45) is 0 Å². The number of nitrogens with one attached hydrogen (secondary N) is 1. The number of benzene rings is 1. The van der Waals surface area contributed by atoms with E-state index >= 15 is 0 Å². The molecular weight excluding hydrogens is 262 g/mol. The molecule has 1 aromatic carbocycles. The number of piperidine rings is 1. The van der Waals surface area contributed by atoms with E-state index in [9.17, 15) is 4.79 Å². The third kappa shape index (κ3) is 3.05. The lowest BCUT2D eigenvalue weighted by Gasteiger charge is -2.36. The molecule has 1 fully saturated rings. The van der Waals surface area contributed by atoms with Crippen LogP contribution in [0, 0.1) is 0 Å². The fourth-order valence-electron chi connectivity index (χ4n) is 3.51. The minimum absolute atomic E-state index is 0.100. The van der Waals surface area contributed by atoms with Crippen LogP contribution in [0.15, 0.2) is 24.3 Å². The van der Waals surface area contributed by atoms with Gasteiger partial charge in [-0.25, -0.2) is 4.79 Å². The van der Waals surface area contributed by atoms with E-state index in [4.69, 9.17) is 0 Å². The molecule has 0 saturated carbocycles. The van der Waals surface area contributed by atoms with Crippen LogP contribution in [0.4, 0.5) is 4.79 Å². The van der Waals surface area contributed by atoms with Crippen molar-refractivity contribution in [3.05, 3.63) is 35.4 Å². The number of carbonyl (C=O) groups excluding carboxylic acids is 1. The molecule has 2 amide bonds. The number of carbonyl (C=O) groups is 1. The first-order valence-corrected chi connectivity index (χ1v) is 7.95. The summed E-state index contributed by atoms with van der Waals surface area (Å²) in [6.45, 7) is 1.72. The van der Waals surface area contributed by atoms with Gasteiger partial charge in [0.25, 0.3) is 0 Å². The van der Waals surface area contributed by atoms with E-state index in [0.29, 0.717) is 6.04 Å². The number of likely N-dealkylation sites (N-methyl/N-ethyl adjacent to an activating group) is 1. The fraction of sp³-hybridized carbons (Fsp3) is 0.588. The molecule has 0 unspecified atom stereocenters. The molecule has 1 heterocycles. The summed E-state index contributed by atoms with van der Waals surface area (Å²) in [5.41, 5.74) is 2.68. The monoisotopic (exact) mass is 287 g/mol. The highest BCUT2D eigenvalue weighted by atomic mass is 16.2. The van der Waals surface area contributed by atoms with Crippen LogP contribution in [0.1, 0.15) is 36.4 Å². The third-order valence-electron chi connectivity index (χ3n) is 4.84. The van der Waals surface area contributed by atoms with E-state index in [0.717, 1.165) is 32.4 Å². The maximum atomic E-state index is 12.5. The molecule has 4 heteroatoms. The predicted molar refractivity (Wildman–Crippen MR) is 84.3 cm³/mol. The molecule has 1 aliphatic heterocycles. The van der Waals surface area contributed by atoms with E-state index in [1.54, 1.807) is 0 Å². The Labute approximate surface area is 127 Å². The van der Waals surface area contributed by atoms with Crippen LogP contribution in [0.25, 0.3) is 0 Å². The van der Waals surface area contributed by atoms with Crippen LogP contribution in [-0.4, -0.2) is 49.1 Å². The molecule has 2 aliphatic rings. The Morgan fingerprint density at radius 1 is 1.29 bits per heavy atom. The van der Waals surface area contributed by atoms with Gasteiger partial charge in [-0.3, -0.25) is 0 Å². The predicted octanol–water partition coefficient (Wildman–Crippen LogP) is 2.41. The van der Waals surface area contributed by atoms with E-state index < -0.39 is 0 Å². The second-order valence-electron chi connectivity index (χ2n) is 6.45. The molecule has 4 nitrogen and oxygen atoms in total. The van der Waals surface area contributed by atoms with Crippen LogP contribution >= 0.6 is 0 Å². The molecule has 114 valence electrons. The number of hydrogen-bond donors (Lipinski definition) is 1. The van der Waals surface area contributed by atoms with Crippen molar-refractivity contribution in [3.8, 4) is 0 Å². The van der Waals surface area contributed by atoms with E-state index in [2.05, 4.69) is 48.6 Å². The number of fused-ring (bicyclic) bond motifs is 1. The van der Waals surface area contributed by atoms with Gasteiger partial charge in [-0.05, 0) is 50.9 Å². The summed E-state index contributed by atoms with van der Waals surface area (Å²) in [4.78, 5) is 16.7. The van der Waals surface area contributed by atoms with Gasteiger partial charge in [0.05, 0.1) is 6.04 Å². The number of aryl methyl sites for hydroxylation is 1. The zero-order valence-electron chi connectivity index (χ0n) is 13.0. The Morgan fingerprint density at radius 3 is 2.90 bits per heavy atom. The largest absolute Gasteiger partial charge is 0.331 e. The van der Waals surface area contributed by atoms with Gasteiger partial charge in [0.1, 0.15) is 0 Å². The summed E-state index contributed by atoms with van der Waals surface area (Å²) >= 11 is 0. The van der Waals surface area contributed by atoms with E-state index in [-0.39, 0.29) is 12.1 Å². The molecule has 1 aromatic rings. The molecule has 1 saturated heterocycles. The van der Waals surface area contributed by atoms with Crippen molar-refractivity contribution in [2.45, 2.75) is 37.8 Å². The SMILES string of the molecule is CN(C)[C@H]1CCCN(C(=O)N[C@@H]2CCc3ccccc32)C1. The minimum atomic E-state index is 0.100. The van der Waals surface area contributed by atoms with Crippen LogP contribution in [0.5, 0.6) is 0 Å². The number of rotatable bonds is 2. The molecule has 0 bridgehead atoms. The maximum absolute atomic E-state index is 12.5. The average molecular weight is 287 g/mol. The van der Waals surface area contributed by atoms with Gasteiger partial charge in [-0.2, -0.15) is 0 Å². The van der Waals surface area contributed by atoms with Crippen molar-refractivity contribution in [3.63, 3.8) is 0 Å². The van der Waals surface area contributed by atoms with Gasteiger partial charge in [-0.15, -0.1) is 0 Å². The number of likely N-dealkylation sites (tertiary alicyclic amines) is 1. The third-order valence-corrected chi connectivity index (χ3v) is 4.84. The summed E-state index contributed by atoms with van der Waals surface area (Å²) in [5.74, 6) is 0. The molecule has 1 N–H and O–H groups in total. The van der Waals surface area contributed by atoms with Gasteiger partial charge >= 0.3 is 6.03 Å². The zero-order valence-corrected chi connectivity index (χ0v) is 13.0. The highest BCUT2D eigenvalue weighted by molar-refractivity contribution is 5.75.